The highest BCUT2D eigenvalue weighted by atomic mass is 32.2. The molecule has 2 rings (SSSR count). The Bertz CT molecular complexity index is 505. The minimum atomic E-state index is -0.485. The van der Waals surface area contributed by atoms with Gasteiger partial charge in [0.15, 0.2) is 0 Å². The number of ether oxygens (including phenoxy) is 1. The molecule has 0 aliphatic carbocycles. The normalized spacial score (nSPS) is 17.6. The summed E-state index contributed by atoms with van der Waals surface area (Å²) >= 11 is 2.04. The Morgan fingerprint density at radius 3 is 2.39 bits per heavy atom. The summed E-state index contributed by atoms with van der Waals surface area (Å²) in [5.41, 5.74) is 1.50. The number of carbonyl (C=O) groups is 1. The van der Waals surface area contributed by atoms with Gasteiger partial charge in [-0.3, -0.25) is 5.32 Å². The smallest absolute Gasteiger partial charge is 0.412 e. The standard InChI is InChI=1S/C18H28N2O2S/c1-13(19-16-9-11-23-12-10-16)14-5-7-15(8-6-14)20-17(21)22-18(2,3)4/h5-8,13,16,19H,9-12H2,1-4H3,(H,20,21). The highest BCUT2D eigenvalue weighted by Gasteiger charge is 2.18. The van der Waals surface area contributed by atoms with Crippen LogP contribution in [0.3, 0.4) is 0 Å². The first-order valence-electron chi connectivity index (χ1n) is 8.27. The molecule has 1 aromatic rings. The van der Waals surface area contributed by atoms with E-state index < -0.39 is 11.7 Å². The summed E-state index contributed by atoms with van der Waals surface area (Å²) in [7, 11) is 0. The Kier molecular flexibility index (Phi) is 6.36. The number of hydrogen-bond acceptors (Lipinski definition) is 4. The molecule has 1 aliphatic rings. The molecule has 1 amide bonds. The number of hydrogen-bond donors (Lipinski definition) is 2. The first-order chi connectivity index (χ1) is 10.8. The van der Waals surface area contributed by atoms with Crippen LogP contribution in [0.4, 0.5) is 10.5 Å². The average Bonchev–Trinajstić information content (AvgIpc) is 2.47. The third-order valence-electron chi connectivity index (χ3n) is 3.76. The lowest BCUT2D eigenvalue weighted by Crippen LogP contribution is -2.34. The van der Waals surface area contributed by atoms with E-state index in [1.165, 1.54) is 29.9 Å². The Morgan fingerprint density at radius 1 is 1.22 bits per heavy atom. The number of thioether (sulfide) groups is 1. The van der Waals surface area contributed by atoms with Crippen molar-refractivity contribution in [1.29, 1.82) is 0 Å². The second-order valence-electron chi connectivity index (χ2n) is 7.02. The minimum absolute atomic E-state index is 0.318. The minimum Gasteiger partial charge on any atom is -0.444 e. The number of benzene rings is 1. The lowest BCUT2D eigenvalue weighted by atomic mass is 10.0. The second kappa shape index (κ2) is 8.06. The average molecular weight is 337 g/mol. The van der Waals surface area contributed by atoms with E-state index in [-0.39, 0.29) is 0 Å². The van der Waals surface area contributed by atoms with Crippen LogP contribution < -0.4 is 10.6 Å². The predicted octanol–water partition coefficient (Wildman–Crippen LogP) is 4.58. The second-order valence-corrected chi connectivity index (χ2v) is 8.25. The fourth-order valence-electron chi connectivity index (χ4n) is 2.59. The topological polar surface area (TPSA) is 50.4 Å². The van der Waals surface area contributed by atoms with Gasteiger partial charge in [0.05, 0.1) is 0 Å². The molecular weight excluding hydrogens is 308 g/mol. The van der Waals surface area contributed by atoms with Crippen molar-refractivity contribution in [3.63, 3.8) is 0 Å². The monoisotopic (exact) mass is 336 g/mol. The zero-order chi connectivity index (χ0) is 16.9. The summed E-state index contributed by atoms with van der Waals surface area (Å²) in [6.07, 6.45) is 2.07. The van der Waals surface area contributed by atoms with E-state index in [2.05, 4.69) is 29.7 Å². The first-order valence-corrected chi connectivity index (χ1v) is 9.43. The van der Waals surface area contributed by atoms with Crippen molar-refractivity contribution < 1.29 is 9.53 Å². The number of anilines is 1. The van der Waals surface area contributed by atoms with Crippen LogP contribution >= 0.6 is 11.8 Å². The van der Waals surface area contributed by atoms with Gasteiger partial charge in [-0.15, -0.1) is 0 Å². The van der Waals surface area contributed by atoms with Crippen LogP contribution in [-0.2, 0) is 4.74 Å². The van der Waals surface area contributed by atoms with Gasteiger partial charge < -0.3 is 10.1 Å². The highest BCUT2D eigenvalue weighted by molar-refractivity contribution is 7.99. The summed E-state index contributed by atoms with van der Waals surface area (Å²) in [4.78, 5) is 11.8. The van der Waals surface area contributed by atoms with Gasteiger partial charge in [0, 0.05) is 17.8 Å². The summed E-state index contributed by atoms with van der Waals surface area (Å²) in [6, 6.07) is 8.90. The predicted molar refractivity (Wildman–Crippen MR) is 98.2 cm³/mol. The zero-order valence-electron chi connectivity index (χ0n) is 14.5. The summed E-state index contributed by atoms with van der Waals surface area (Å²) in [6.45, 7) is 7.75. The molecule has 1 saturated heterocycles. The lowest BCUT2D eigenvalue weighted by molar-refractivity contribution is 0.0636. The van der Waals surface area contributed by atoms with E-state index >= 15 is 0 Å². The van der Waals surface area contributed by atoms with Crippen LogP contribution in [0.1, 0.15) is 52.1 Å². The van der Waals surface area contributed by atoms with Crippen molar-refractivity contribution >= 4 is 23.5 Å². The van der Waals surface area contributed by atoms with Gasteiger partial charge in [-0.25, -0.2) is 4.79 Å². The van der Waals surface area contributed by atoms with E-state index in [9.17, 15) is 4.79 Å². The largest absolute Gasteiger partial charge is 0.444 e. The van der Waals surface area contributed by atoms with Crippen LogP contribution in [0.5, 0.6) is 0 Å². The molecule has 4 nitrogen and oxygen atoms in total. The van der Waals surface area contributed by atoms with Gasteiger partial charge in [-0.1, -0.05) is 12.1 Å². The van der Waals surface area contributed by atoms with Crippen molar-refractivity contribution in [2.75, 3.05) is 16.8 Å². The Balaban J connectivity index is 1.87. The molecule has 23 heavy (non-hydrogen) atoms. The van der Waals surface area contributed by atoms with Crippen molar-refractivity contribution in [3.8, 4) is 0 Å². The number of nitrogens with one attached hydrogen (secondary N) is 2. The molecule has 1 fully saturated rings. The molecular formula is C18H28N2O2S. The van der Waals surface area contributed by atoms with Crippen LogP contribution in [0.15, 0.2) is 24.3 Å². The number of carbonyl (C=O) groups excluding carboxylic acids is 1. The summed E-state index contributed by atoms with van der Waals surface area (Å²) < 4.78 is 5.26. The molecule has 2 N–H and O–H groups in total. The molecule has 0 saturated carbocycles. The maximum Gasteiger partial charge on any atom is 0.412 e. The van der Waals surface area contributed by atoms with Crippen LogP contribution in [0, 0.1) is 0 Å². The zero-order valence-corrected chi connectivity index (χ0v) is 15.3. The molecule has 0 spiro atoms. The third kappa shape index (κ3) is 6.43. The van der Waals surface area contributed by atoms with Gasteiger partial charge in [0.25, 0.3) is 0 Å². The molecule has 1 aromatic carbocycles. The molecule has 1 unspecified atom stereocenters. The molecule has 1 atom stereocenters. The third-order valence-corrected chi connectivity index (χ3v) is 4.81. The van der Waals surface area contributed by atoms with E-state index in [1.54, 1.807) is 0 Å². The molecule has 5 heteroatoms. The summed E-state index contributed by atoms with van der Waals surface area (Å²) in [5.74, 6) is 2.51. The molecule has 1 aliphatic heterocycles. The Labute approximate surface area is 143 Å². The molecule has 128 valence electrons. The van der Waals surface area contributed by atoms with Gasteiger partial charge in [0.1, 0.15) is 5.60 Å². The lowest BCUT2D eigenvalue weighted by Gasteiger charge is -2.26. The van der Waals surface area contributed by atoms with Crippen LogP contribution in [0.25, 0.3) is 0 Å². The van der Waals surface area contributed by atoms with Crippen molar-refractivity contribution in [1.82, 2.24) is 5.32 Å². The van der Waals surface area contributed by atoms with Gasteiger partial charge >= 0.3 is 6.09 Å². The fraction of sp³-hybridized carbons (Fsp3) is 0.611. The fourth-order valence-corrected chi connectivity index (χ4v) is 3.70. The van der Waals surface area contributed by atoms with Crippen molar-refractivity contribution in [2.45, 2.75) is 58.2 Å². The maximum atomic E-state index is 11.8. The molecule has 0 aromatic heterocycles. The van der Waals surface area contributed by atoms with E-state index in [1.807, 2.05) is 44.7 Å². The highest BCUT2D eigenvalue weighted by Crippen LogP contribution is 2.22. The number of amides is 1. The van der Waals surface area contributed by atoms with Crippen molar-refractivity contribution in [3.05, 3.63) is 29.8 Å². The molecule has 0 radical (unpaired) electrons. The first kappa shape index (κ1) is 18.1. The van der Waals surface area contributed by atoms with Crippen LogP contribution in [0.2, 0.25) is 0 Å². The van der Waals surface area contributed by atoms with Crippen molar-refractivity contribution in [2.24, 2.45) is 0 Å². The summed E-state index contributed by atoms with van der Waals surface area (Å²) in [5, 5.41) is 6.46. The van der Waals surface area contributed by atoms with Gasteiger partial charge in [-0.05, 0) is 69.7 Å². The SMILES string of the molecule is CC(NC1CCSCC1)c1ccc(NC(=O)OC(C)(C)C)cc1. The Hall–Kier alpha value is -1.20. The van der Waals surface area contributed by atoms with E-state index in [0.29, 0.717) is 12.1 Å². The number of rotatable bonds is 4. The molecule has 1 heterocycles. The van der Waals surface area contributed by atoms with E-state index in [4.69, 9.17) is 4.74 Å². The maximum absolute atomic E-state index is 11.8. The Morgan fingerprint density at radius 2 is 1.83 bits per heavy atom. The van der Waals surface area contributed by atoms with Gasteiger partial charge in [0.2, 0.25) is 0 Å². The quantitative estimate of drug-likeness (QED) is 0.845. The van der Waals surface area contributed by atoms with Gasteiger partial charge in [-0.2, -0.15) is 11.8 Å². The molecule has 0 bridgehead atoms. The van der Waals surface area contributed by atoms with E-state index in [0.717, 1.165) is 5.69 Å². The van der Waals surface area contributed by atoms with Crippen LogP contribution in [-0.4, -0.2) is 29.2 Å².